The third-order valence-corrected chi connectivity index (χ3v) is 5.54. The summed E-state index contributed by atoms with van der Waals surface area (Å²) in [5.74, 6) is 0. The van der Waals surface area contributed by atoms with E-state index in [-0.39, 0.29) is 0 Å². The molecule has 0 aliphatic rings. The van der Waals surface area contributed by atoms with Crippen LogP contribution in [0.5, 0.6) is 0 Å². The lowest BCUT2D eigenvalue weighted by Crippen LogP contribution is -2.40. The van der Waals surface area contributed by atoms with Crippen LogP contribution < -0.4 is 5.73 Å². The molecule has 0 bridgehead atoms. The first kappa shape index (κ1) is 16.5. The lowest BCUT2D eigenvalue weighted by Gasteiger charge is -2.18. The Kier molecular flexibility index (Phi) is 5.41. The second kappa shape index (κ2) is 6.24. The van der Waals surface area contributed by atoms with Crippen LogP contribution in [0, 0.1) is 0 Å². The first-order valence-corrected chi connectivity index (χ1v) is 8.74. The fourth-order valence-electron chi connectivity index (χ4n) is 1.92. The van der Waals surface area contributed by atoms with E-state index in [0.29, 0.717) is 18.0 Å². The molecular weight excluding hydrogens is 286 g/mol. The van der Waals surface area contributed by atoms with Gasteiger partial charge in [-0.2, -0.15) is 5.10 Å². The van der Waals surface area contributed by atoms with Crippen molar-refractivity contribution in [2.24, 2.45) is 5.73 Å². The summed E-state index contributed by atoms with van der Waals surface area (Å²) in [7, 11) is -3.15. The maximum absolute atomic E-state index is 11.5. The molecule has 19 heavy (non-hydrogen) atoms. The van der Waals surface area contributed by atoms with Gasteiger partial charge in [0, 0.05) is 25.3 Å². The number of hydrogen-bond acceptors (Lipinski definition) is 4. The number of sulfone groups is 1. The second-order valence-electron chi connectivity index (χ2n) is 4.78. The Morgan fingerprint density at radius 2 is 2.00 bits per heavy atom. The molecule has 1 heterocycles. The summed E-state index contributed by atoms with van der Waals surface area (Å²) in [5.41, 5.74) is 7.65. The van der Waals surface area contributed by atoms with E-state index in [1.807, 2.05) is 13.8 Å². The van der Waals surface area contributed by atoms with E-state index in [1.165, 1.54) is 6.26 Å². The van der Waals surface area contributed by atoms with Crippen molar-refractivity contribution in [1.29, 1.82) is 0 Å². The smallest absolute Gasteiger partial charge is 0.151 e. The van der Waals surface area contributed by atoms with Gasteiger partial charge in [-0.15, -0.1) is 0 Å². The Bertz CT molecular complexity index is 539. The maximum Gasteiger partial charge on any atom is 0.151 e. The van der Waals surface area contributed by atoms with Crippen molar-refractivity contribution in [2.75, 3.05) is 6.26 Å². The molecule has 0 aliphatic heterocycles. The first-order valence-electron chi connectivity index (χ1n) is 6.40. The van der Waals surface area contributed by atoms with Gasteiger partial charge in [0.25, 0.3) is 0 Å². The van der Waals surface area contributed by atoms with Gasteiger partial charge >= 0.3 is 0 Å². The predicted octanol–water partition coefficient (Wildman–Crippen LogP) is 1.42. The zero-order chi connectivity index (χ0) is 14.8. The van der Waals surface area contributed by atoms with Crippen LogP contribution in [0.2, 0.25) is 5.02 Å². The molecule has 7 heteroatoms. The minimum atomic E-state index is -3.15. The van der Waals surface area contributed by atoms with Crippen LogP contribution in [0.25, 0.3) is 0 Å². The molecule has 1 aromatic rings. The molecule has 2 N–H and O–H groups in total. The average molecular weight is 308 g/mol. The molecule has 5 nitrogen and oxygen atoms in total. The molecule has 0 aliphatic carbocycles. The van der Waals surface area contributed by atoms with Gasteiger partial charge < -0.3 is 5.73 Å². The Hall–Kier alpha value is -0.590. The van der Waals surface area contributed by atoms with Crippen LogP contribution in [-0.2, 0) is 29.2 Å². The van der Waals surface area contributed by atoms with Gasteiger partial charge in [-0.3, -0.25) is 4.68 Å². The number of aryl methyl sites for hydroxylation is 2. The lowest BCUT2D eigenvalue weighted by atomic mass is 10.1. The highest BCUT2D eigenvalue weighted by molar-refractivity contribution is 7.91. The van der Waals surface area contributed by atoms with Crippen molar-refractivity contribution in [2.45, 2.75) is 51.4 Å². The van der Waals surface area contributed by atoms with Crippen LogP contribution in [0.15, 0.2) is 0 Å². The van der Waals surface area contributed by atoms with Crippen molar-refractivity contribution in [3.8, 4) is 0 Å². The Morgan fingerprint density at radius 1 is 1.42 bits per heavy atom. The minimum Gasteiger partial charge on any atom is -0.326 e. The minimum absolute atomic E-state index is 0.411. The van der Waals surface area contributed by atoms with Crippen LogP contribution in [0.4, 0.5) is 0 Å². The van der Waals surface area contributed by atoms with Gasteiger partial charge in [-0.05, 0) is 20.3 Å². The summed E-state index contributed by atoms with van der Waals surface area (Å²) >= 11 is 6.28. The van der Waals surface area contributed by atoms with E-state index in [0.717, 1.165) is 17.8 Å². The van der Waals surface area contributed by atoms with Gasteiger partial charge in [-0.1, -0.05) is 18.5 Å². The summed E-state index contributed by atoms with van der Waals surface area (Å²) in [4.78, 5) is 0. The van der Waals surface area contributed by atoms with Crippen LogP contribution >= 0.6 is 11.6 Å². The molecule has 2 atom stereocenters. The van der Waals surface area contributed by atoms with Gasteiger partial charge in [0.1, 0.15) is 0 Å². The fourth-order valence-corrected chi connectivity index (χ4v) is 3.00. The quantitative estimate of drug-likeness (QED) is 0.862. The molecule has 0 fully saturated rings. The monoisotopic (exact) mass is 307 g/mol. The zero-order valence-electron chi connectivity index (χ0n) is 11.9. The van der Waals surface area contributed by atoms with E-state index < -0.39 is 21.1 Å². The first-order chi connectivity index (χ1) is 8.72. The third-order valence-electron chi connectivity index (χ3n) is 3.40. The highest BCUT2D eigenvalue weighted by Gasteiger charge is 2.26. The number of halogens is 1. The fraction of sp³-hybridized carbons (Fsp3) is 0.750. The van der Waals surface area contributed by atoms with Gasteiger partial charge in [-0.25, -0.2) is 8.42 Å². The van der Waals surface area contributed by atoms with Crippen molar-refractivity contribution >= 4 is 21.4 Å². The van der Waals surface area contributed by atoms with E-state index in [2.05, 4.69) is 5.10 Å². The Labute approximate surface area is 120 Å². The number of nitrogens with zero attached hydrogens (tertiary/aromatic N) is 2. The third kappa shape index (κ3) is 3.70. The topological polar surface area (TPSA) is 78.0 Å². The van der Waals surface area contributed by atoms with Crippen molar-refractivity contribution in [3.05, 3.63) is 16.4 Å². The molecule has 0 saturated heterocycles. The molecule has 1 aromatic heterocycles. The van der Waals surface area contributed by atoms with E-state index in [9.17, 15) is 8.42 Å². The summed E-state index contributed by atoms with van der Waals surface area (Å²) in [6, 6.07) is -0.487. The summed E-state index contributed by atoms with van der Waals surface area (Å²) in [5, 5.41) is 4.41. The van der Waals surface area contributed by atoms with Crippen LogP contribution in [0.3, 0.4) is 0 Å². The SMILES string of the molecule is CCc1nn(CC)c(CC(N)C(C)S(C)(=O)=O)c1Cl. The predicted molar refractivity (Wildman–Crippen MR) is 78.3 cm³/mol. The van der Waals surface area contributed by atoms with Crippen molar-refractivity contribution < 1.29 is 8.42 Å². The van der Waals surface area contributed by atoms with E-state index in [1.54, 1.807) is 11.6 Å². The largest absolute Gasteiger partial charge is 0.326 e. The molecule has 0 radical (unpaired) electrons. The molecule has 2 unspecified atom stereocenters. The number of hydrogen-bond donors (Lipinski definition) is 1. The van der Waals surface area contributed by atoms with Gasteiger partial charge in [0.05, 0.1) is 21.7 Å². The van der Waals surface area contributed by atoms with Crippen molar-refractivity contribution in [3.63, 3.8) is 0 Å². The Morgan fingerprint density at radius 3 is 2.42 bits per heavy atom. The van der Waals surface area contributed by atoms with E-state index >= 15 is 0 Å². The number of rotatable bonds is 6. The van der Waals surface area contributed by atoms with Gasteiger partial charge in [0.2, 0.25) is 0 Å². The standard InChI is InChI=1S/C12H22ClN3O2S/c1-5-10-12(13)11(16(6-2)15-10)7-9(14)8(3)19(4,17)18/h8-9H,5-7,14H2,1-4H3. The number of aromatic nitrogens is 2. The normalized spacial score (nSPS) is 15.5. The average Bonchev–Trinajstić information content (AvgIpc) is 2.64. The lowest BCUT2D eigenvalue weighted by molar-refractivity contribution is 0.542. The molecule has 1 rings (SSSR count). The molecular formula is C12H22ClN3O2S. The molecule has 0 aromatic carbocycles. The molecule has 110 valence electrons. The second-order valence-corrected chi connectivity index (χ2v) is 7.56. The van der Waals surface area contributed by atoms with E-state index in [4.69, 9.17) is 17.3 Å². The highest BCUT2D eigenvalue weighted by Crippen LogP contribution is 2.23. The zero-order valence-corrected chi connectivity index (χ0v) is 13.4. The summed E-state index contributed by atoms with van der Waals surface area (Å²) in [6.45, 7) is 6.27. The maximum atomic E-state index is 11.5. The number of nitrogens with two attached hydrogens (primary N) is 1. The van der Waals surface area contributed by atoms with Crippen molar-refractivity contribution in [1.82, 2.24) is 9.78 Å². The summed E-state index contributed by atoms with van der Waals surface area (Å²) in [6.07, 6.45) is 2.36. The van der Waals surface area contributed by atoms with Gasteiger partial charge in [0.15, 0.2) is 9.84 Å². The molecule has 0 saturated carbocycles. The summed E-state index contributed by atoms with van der Waals surface area (Å²) < 4.78 is 24.9. The molecule has 0 spiro atoms. The van der Waals surface area contributed by atoms with Crippen LogP contribution in [0.1, 0.15) is 32.2 Å². The Balaban J connectivity index is 3.02. The highest BCUT2D eigenvalue weighted by atomic mass is 35.5. The van der Waals surface area contributed by atoms with Crippen LogP contribution in [-0.4, -0.2) is 35.7 Å². The molecule has 0 amide bonds.